The lowest BCUT2D eigenvalue weighted by Gasteiger charge is -2.22. The zero-order valence-electron chi connectivity index (χ0n) is 23.6. The third-order valence-electron chi connectivity index (χ3n) is 6.35. The van der Waals surface area contributed by atoms with E-state index >= 15 is 0 Å². The third kappa shape index (κ3) is 7.78. The Hall–Kier alpha value is -4.99. The maximum atomic E-state index is 13.2. The van der Waals surface area contributed by atoms with Gasteiger partial charge in [-0.1, -0.05) is 18.2 Å². The van der Waals surface area contributed by atoms with Crippen LogP contribution in [0, 0.1) is 13.8 Å². The predicted octanol–water partition coefficient (Wildman–Crippen LogP) is 5.91. The summed E-state index contributed by atoms with van der Waals surface area (Å²) >= 11 is 0. The molecule has 41 heavy (non-hydrogen) atoms. The van der Waals surface area contributed by atoms with E-state index in [4.69, 9.17) is 24.7 Å². The van der Waals surface area contributed by atoms with Gasteiger partial charge in [-0.15, -0.1) is 0 Å². The van der Waals surface area contributed by atoms with E-state index in [1.165, 1.54) is 0 Å². The number of hydrogen-bond acceptors (Lipinski definition) is 9. The monoisotopic (exact) mass is 557 g/mol. The topological polar surface area (TPSA) is 130 Å². The van der Waals surface area contributed by atoms with Crippen LogP contribution in [0.5, 0.6) is 17.2 Å². The van der Waals surface area contributed by atoms with Gasteiger partial charge in [0, 0.05) is 29.7 Å². The smallest absolute Gasteiger partial charge is 0.412 e. The number of methoxy groups -OCH3 is 2. The maximum Gasteiger partial charge on any atom is 0.412 e. The van der Waals surface area contributed by atoms with Crippen molar-refractivity contribution in [3.8, 4) is 17.2 Å². The number of nitrogens with zero attached hydrogens (tertiary/aromatic N) is 2. The molecule has 0 aliphatic heterocycles. The molecule has 0 bridgehead atoms. The normalized spacial score (nSPS) is 11.3. The van der Waals surface area contributed by atoms with Crippen LogP contribution >= 0.6 is 0 Å². The van der Waals surface area contributed by atoms with Gasteiger partial charge in [0.2, 0.25) is 5.95 Å². The Kier molecular flexibility index (Phi) is 9.82. The SMILES string of the molecule is COc1ccc(OC)c(C(OC(=O)Nc2c(C)cccc2C)c2ccnc(NCCCOc3ccc(N)cc3)n2)c1. The second kappa shape index (κ2) is 13.9. The standard InChI is InChI=1S/C31H35N5O5/c1-20-7-5-8-21(2)28(20)36-31(37)41-29(25-19-24(38-3)13-14-27(25)39-4)26-15-17-34-30(35-26)33-16-6-18-40-23-11-9-22(32)10-12-23/h5,7-15,17,19,29H,6,16,18,32H2,1-4H3,(H,36,37)(H,33,34,35). The Labute approximate surface area is 239 Å². The Morgan fingerprint density at radius 1 is 0.951 bits per heavy atom. The van der Waals surface area contributed by atoms with E-state index in [9.17, 15) is 4.79 Å². The number of aromatic nitrogens is 2. The molecule has 1 aromatic heterocycles. The Morgan fingerprint density at radius 3 is 2.39 bits per heavy atom. The summed E-state index contributed by atoms with van der Waals surface area (Å²) in [7, 11) is 3.12. The van der Waals surface area contributed by atoms with E-state index in [1.54, 1.807) is 56.8 Å². The minimum absolute atomic E-state index is 0.389. The Morgan fingerprint density at radius 2 is 1.68 bits per heavy atom. The summed E-state index contributed by atoms with van der Waals surface area (Å²) in [4.78, 5) is 22.2. The molecule has 0 fully saturated rings. The van der Waals surface area contributed by atoms with Gasteiger partial charge in [-0.25, -0.2) is 14.8 Å². The van der Waals surface area contributed by atoms with Crippen LogP contribution in [0.25, 0.3) is 0 Å². The lowest BCUT2D eigenvalue weighted by molar-refractivity contribution is 0.127. The van der Waals surface area contributed by atoms with E-state index in [0.29, 0.717) is 59.7 Å². The summed E-state index contributed by atoms with van der Waals surface area (Å²) < 4.78 is 22.8. The number of carbonyl (C=O) groups excluding carboxylic acids is 1. The van der Waals surface area contributed by atoms with Gasteiger partial charge in [-0.3, -0.25) is 5.32 Å². The molecule has 0 saturated heterocycles. The summed E-state index contributed by atoms with van der Waals surface area (Å²) in [6, 6.07) is 20.0. The summed E-state index contributed by atoms with van der Waals surface area (Å²) in [6.45, 7) is 4.92. The lowest BCUT2D eigenvalue weighted by Crippen LogP contribution is -2.21. The minimum atomic E-state index is -0.915. The molecule has 1 atom stereocenters. The Balaban J connectivity index is 1.52. The zero-order chi connectivity index (χ0) is 29.2. The van der Waals surface area contributed by atoms with E-state index < -0.39 is 12.2 Å². The second-order valence-electron chi connectivity index (χ2n) is 9.29. The van der Waals surface area contributed by atoms with Crippen molar-refractivity contribution in [1.82, 2.24) is 9.97 Å². The van der Waals surface area contributed by atoms with Crippen molar-refractivity contribution in [2.75, 3.05) is 43.7 Å². The third-order valence-corrected chi connectivity index (χ3v) is 6.35. The van der Waals surface area contributed by atoms with Crippen molar-refractivity contribution in [1.29, 1.82) is 0 Å². The lowest BCUT2D eigenvalue weighted by atomic mass is 10.0. The molecule has 3 aromatic carbocycles. The van der Waals surface area contributed by atoms with E-state index in [2.05, 4.69) is 20.6 Å². The molecule has 4 rings (SSSR count). The number of anilines is 3. The number of para-hydroxylation sites is 1. The highest BCUT2D eigenvalue weighted by Crippen LogP contribution is 2.35. The van der Waals surface area contributed by atoms with E-state index in [0.717, 1.165) is 16.9 Å². The molecule has 4 aromatic rings. The largest absolute Gasteiger partial charge is 0.497 e. The van der Waals surface area contributed by atoms with Crippen molar-refractivity contribution >= 4 is 23.4 Å². The summed E-state index contributed by atoms with van der Waals surface area (Å²) in [5.41, 5.74) is 9.98. The molecule has 0 saturated carbocycles. The highest BCUT2D eigenvalue weighted by Gasteiger charge is 2.26. The van der Waals surface area contributed by atoms with Gasteiger partial charge < -0.3 is 30.0 Å². The number of benzene rings is 3. The summed E-state index contributed by atoms with van der Waals surface area (Å²) in [5.74, 6) is 2.24. The van der Waals surface area contributed by atoms with Gasteiger partial charge in [0.05, 0.1) is 26.5 Å². The number of nitrogens with two attached hydrogens (primary N) is 1. The average molecular weight is 558 g/mol. The quantitative estimate of drug-likeness (QED) is 0.144. The fourth-order valence-electron chi connectivity index (χ4n) is 4.21. The van der Waals surface area contributed by atoms with Crippen molar-refractivity contribution in [2.45, 2.75) is 26.4 Å². The number of amides is 1. The molecule has 0 radical (unpaired) electrons. The fraction of sp³-hybridized carbons (Fsp3) is 0.258. The van der Waals surface area contributed by atoms with Crippen molar-refractivity contribution in [2.24, 2.45) is 0 Å². The molecule has 0 spiro atoms. The highest BCUT2D eigenvalue weighted by atomic mass is 16.6. The second-order valence-corrected chi connectivity index (χ2v) is 9.29. The molecular formula is C31H35N5O5. The number of nitrogen functional groups attached to an aromatic ring is 1. The van der Waals surface area contributed by atoms with Crippen LogP contribution in [0.3, 0.4) is 0 Å². The summed E-state index contributed by atoms with van der Waals surface area (Å²) in [5, 5.41) is 6.09. The van der Waals surface area contributed by atoms with Crippen molar-refractivity contribution in [3.05, 3.63) is 95.3 Å². The van der Waals surface area contributed by atoms with Crippen LogP contribution in [0.2, 0.25) is 0 Å². The van der Waals surface area contributed by atoms with Crippen molar-refractivity contribution < 1.29 is 23.7 Å². The molecule has 4 N–H and O–H groups in total. The first-order valence-electron chi connectivity index (χ1n) is 13.2. The van der Waals surface area contributed by atoms with Gasteiger partial charge in [0.1, 0.15) is 17.2 Å². The molecule has 10 heteroatoms. The molecule has 1 heterocycles. The predicted molar refractivity (Wildman–Crippen MR) is 159 cm³/mol. The van der Waals surface area contributed by atoms with Gasteiger partial charge in [-0.2, -0.15) is 0 Å². The number of rotatable bonds is 12. The summed E-state index contributed by atoms with van der Waals surface area (Å²) in [6.07, 6.45) is 0.772. The minimum Gasteiger partial charge on any atom is -0.497 e. The first kappa shape index (κ1) is 29.0. The highest BCUT2D eigenvalue weighted by molar-refractivity contribution is 5.87. The van der Waals surface area contributed by atoms with Crippen molar-refractivity contribution in [3.63, 3.8) is 0 Å². The van der Waals surface area contributed by atoms with Crippen LogP contribution in [-0.2, 0) is 4.74 Å². The number of carbonyl (C=O) groups is 1. The molecule has 1 amide bonds. The van der Waals surface area contributed by atoms with Crippen LogP contribution in [0.1, 0.15) is 34.9 Å². The zero-order valence-corrected chi connectivity index (χ0v) is 23.6. The number of hydrogen-bond donors (Lipinski definition) is 3. The molecule has 1 unspecified atom stereocenters. The number of ether oxygens (including phenoxy) is 4. The van der Waals surface area contributed by atoms with Crippen LogP contribution in [0.15, 0.2) is 72.9 Å². The van der Waals surface area contributed by atoms with Crippen LogP contribution < -0.4 is 30.6 Å². The maximum absolute atomic E-state index is 13.2. The van der Waals surface area contributed by atoms with E-state index in [1.807, 2.05) is 44.2 Å². The van der Waals surface area contributed by atoms with Gasteiger partial charge in [0.25, 0.3) is 0 Å². The average Bonchev–Trinajstić information content (AvgIpc) is 2.98. The first-order chi connectivity index (χ1) is 19.9. The molecule has 214 valence electrons. The van der Waals surface area contributed by atoms with Gasteiger partial charge in [-0.05, 0) is 79.9 Å². The van der Waals surface area contributed by atoms with E-state index in [-0.39, 0.29) is 0 Å². The molecule has 0 aliphatic carbocycles. The van der Waals surface area contributed by atoms with Crippen LogP contribution in [-0.4, -0.2) is 43.4 Å². The first-order valence-corrected chi connectivity index (χ1v) is 13.2. The van der Waals surface area contributed by atoms with Gasteiger partial charge in [0.15, 0.2) is 6.10 Å². The molecular weight excluding hydrogens is 522 g/mol. The van der Waals surface area contributed by atoms with Gasteiger partial charge >= 0.3 is 6.09 Å². The Bertz CT molecular complexity index is 1440. The molecule has 0 aliphatic rings. The fourth-order valence-corrected chi connectivity index (χ4v) is 4.21. The number of nitrogens with one attached hydrogen (secondary N) is 2. The van der Waals surface area contributed by atoms with Crippen LogP contribution in [0.4, 0.5) is 22.1 Å². The number of aryl methyl sites for hydroxylation is 2. The molecule has 10 nitrogen and oxygen atoms in total.